The Kier molecular flexibility index (Phi) is 4.24. The fourth-order valence-electron chi connectivity index (χ4n) is 3.31. The first-order valence-corrected chi connectivity index (χ1v) is 8.04. The molecule has 2 amide bonds. The number of nitrogens with zero attached hydrogens (tertiary/aromatic N) is 2. The van der Waals surface area contributed by atoms with Crippen LogP contribution in [0.3, 0.4) is 0 Å². The summed E-state index contributed by atoms with van der Waals surface area (Å²) in [6.07, 6.45) is 7.53. The molecule has 0 aromatic heterocycles. The minimum absolute atomic E-state index is 0.259. The molecule has 3 rings (SSSR count). The molecule has 1 N–H and O–H groups in total. The third-order valence-electron chi connectivity index (χ3n) is 4.76. The van der Waals surface area contributed by atoms with Crippen LogP contribution in [0.15, 0.2) is 0 Å². The molecule has 3 aliphatic rings. The van der Waals surface area contributed by atoms with Crippen molar-refractivity contribution in [2.24, 2.45) is 5.92 Å². The lowest BCUT2D eigenvalue weighted by atomic mass is 10.1. The molecule has 1 aliphatic heterocycles. The van der Waals surface area contributed by atoms with Crippen LogP contribution in [0.2, 0.25) is 0 Å². The van der Waals surface area contributed by atoms with Crippen molar-refractivity contribution < 1.29 is 9.59 Å². The first kappa shape index (κ1) is 13.9. The second-order valence-corrected chi connectivity index (χ2v) is 6.49. The molecule has 0 unspecified atom stereocenters. The Morgan fingerprint density at radius 3 is 2.20 bits per heavy atom. The third kappa shape index (κ3) is 3.51. The third-order valence-corrected chi connectivity index (χ3v) is 4.76. The van der Waals surface area contributed by atoms with Gasteiger partial charge in [-0.1, -0.05) is 12.8 Å². The van der Waals surface area contributed by atoms with Gasteiger partial charge in [0.15, 0.2) is 0 Å². The van der Waals surface area contributed by atoms with Crippen molar-refractivity contribution in [2.45, 2.75) is 44.6 Å². The summed E-state index contributed by atoms with van der Waals surface area (Å²) in [4.78, 5) is 27.9. The normalized spacial score (nSPS) is 24.9. The van der Waals surface area contributed by atoms with Crippen LogP contribution in [0.25, 0.3) is 0 Å². The van der Waals surface area contributed by atoms with Gasteiger partial charge in [0.2, 0.25) is 0 Å². The maximum atomic E-state index is 12.0. The van der Waals surface area contributed by atoms with Gasteiger partial charge in [-0.05, 0) is 31.6 Å². The highest BCUT2D eigenvalue weighted by atomic mass is 16.2. The van der Waals surface area contributed by atoms with Crippen molar-refractivity contribution in [3.63, 3.8) is 0 Å². The average Bonchev–Trinajstić information content (AvgIpc) is 3.12. The second-order valence-electron chi connectivity index (χ2n) is 6.49. The standard InChI is InChI=1S/C15H25N3O2/c19-14(16-13-5-6-13)15(20)18-9-7-17(8-10-18)11-12-3-1-2-4-12/h12-13H,1-11H2,(H,16,19). The quantitative estimate of drug-likeness (QED) is 0.770. The Morgan fingerprint density at radius 2 is 1.60 bits per heavy atom. The van der Waals surface area contributed by atoms with Crippen LogP contribution in [-0.2, 0) is 9.59 Å². The monoisotopic (exact) mass is 279 g/mol. The molecule has 20 heavy (non-hydrogen) atoms. The first-order valence-electron chi connectivity index (χ1n) is 8.04. The van der Waals surface area contributed by atoms with Crippen LogP contribution < -0.4 is 5.32 Å². The fourth-order valence-corrected chi connectivity index (χ4v) is 3.31. The minimum atomic E-state index is -0.406. The van der Waals surface area contributed by atoms with Gasteiger partial charge in [-0.15, -0.1) is 0 Å². The molecule has 5 heteroatoms. The second kappa shape index (κ2) is 6.12. The van der Waals surface area contributed by atoms with E-state index in [1.165, 1.54) is 32.2 Å². The molecule has 0 bridgehead atoms. The molecule has 5 nitrogen and oxygen atoms in total. The van der Waals surface area contributed by atoms with E-state index in [4.69, 9.17) is 0 Å². The summed E-state index contributed by atoms with van der Waals surface area (Å²) in [7, 11) is 0. The van der Waals surface area contributed by atoms with E-state index in [-0.39, 0.29) is 11.9 Å². The van der Waals surface area contributed by atoms with Gasteiger partial charge in [-0.2, -0.15) is 0 Å². The predicted octanol–water partition coefficient (Wildman–Crippen LogP) is 0.599. The van der Waals surface area contributed by atoms with Gasteiger partial charge in [0.25, 0.3) is 0 Å². The predicted molar refractivity (Wildman–Crippen MR) is 76.1 cm³/mol. The average molecular weight is 279 g/mol. The van der Waals surface area contributed by atoms with Crippen molar-refractivity contribution in [1.29, 1.82) is 0 Å². The molecule has 2 saturated carbocycles. The molecule has 112 valence electrons. The highest BCUT2D eigenvalue weighted by Gasteiger charge is 2.31. The Hall–Kier alpha value is -1.10. The zero-order valence-corrected chi connectivity index (χ0v) is 12.1. The van der Waals surface area contributed by atoms with E-state index in [1.54, 1.807) is 4.90 Å². The molecule has 0 atom stereocenters. The number of carbonyl (C=O) groups excluding carboxylic acids is 2. The maximum absolute atomic E-state index is 12.0. The lowest BCUT2D eigenvalue weighted by Gasteiger charge is -2.35. The molecule has 0 aromatic carbocycles. The number of hydrogen-bond acceptors (Lipinski definition) is 3. The Labute approximate surface area is 120 Å². The van der Waals surface area contributed by atoms with Crippen LogP contribution in [0.1, 0.15) is 38.5 Å². The van der Waals surface area contributed by atoms with Crippen molar-refractivity contribution in [1.82, 2.24) is 15.1 Å². The van der Waals surface area contributed by atoms with Crippen LogP contribution in [0.4, 0.5) is 0 Å². The first-order chi connectivity index (χ1) is 9.72. The summed E-state index contributed by atoms with van der Waals surface area (Å²) in [5.74, 6) is 0.115. The Bertz CT molecular complexity index is 367. The molecular formula is C15H25N3O2. The molecular weight excluding hydrogens is 254 g/mol. The summed E-state index contributed by atoms with van der Waals surface area (Å²) < 4.78 is 0. The molecule has 0 radical (unpaired) electrons. The highest BCUT2D eigenvalue weighted by molar-refractivity contribution is 6.35. The zero-order valence-electron chi connectivity index (χ0n) is 12.1. The van der Waals surface area contributed by atoms with Gasteiger partial charge >= 0.3 is 11.8 Å². The van der Waals surface area contributed by atoms with E-state index in [1.807, 2.05) is 0 Å². The summed E-state index contributed by atoms with van der Waals surface area (Å²) in [5.41, 5.74) is 0. The number of nitrogens with one attached hydrogen (secondary N) is 1. The van der Waals surface area contributed by atoms with E-state index in [0.29, 0.717) is 13.1 Å². The molecule has 3 fully saturated rings. The summed E-state index contributed by atoms with van der Waals surface area (Å²) in [6.45, 7) is 4.40. The number of carbonyl (C=O) groups is 2. The van der Waals surface area contributed by atoms with Crippen LogP contribution >= 0.6 is 0 Å². The molecule has 1 heterocycles. The maximum Gasteiger partial charge on any atom is 0.311 e. The summed E-state index contributed by atoms with van der Waals surface area (Å²) >= 11 is 0. The van der Waals surface area contributed by atoms with Gasteiger partial charge in [0.1, 0.15) is 0 Å². The largest absolute Gasteiger partial charge is 0.345 e. The molecule has 1 saturated heterocycles. The van der Waals surface area contributed by atoms with Crippen molar-refractivity contribution in [3.05, 3.63) is 0 Å². The smallest absolute Gasteiger partial charge is 0.311 e. The van der Waals surface area contributed by atoms with E-state index >= 15 is 0 Å². The molecule has 2 aliphatic carbocycles. The van der Waals surface area contributed by atoms with Gasteiger partial charge in [-0.3, -0.25) is 14.5 Å². The zero-order chi connectivity index (χ0) is 13.9. The lowest BCUT2D eigenvalue weighted by molar-refractivity contribution is -0.147. The van der Waals surface area contributed by atoms with Gasteiger partial charge in [0, 0.05) is 38.8 Å². The minimum Gasteiger partial charge on any atom is -0.345 e. The van der Waals surface area contributed by atoms with E-state index in [9.17, 15) is 9.59 Å². The Balaban J connectivity index is 1.40. The number of rotatable bonds is 3. The van der Waals surface area contributed by atoms with Crippen molar-refractivity contribution >= 4 is 11.8 Å². The van der Waals surface area contributed by atoms with E-state index in [0.717, 1.165) is 31.8 Å². The van der Waals surface area contributed by atoms with E-state index in [2.05, 4.69) is 10.2 Å². The van der Waals surface area contributed by atoms with Gasteiger partial charge < -0.3 is 10.2 Å². The van der Waals surface area contributed by atoms with Crippen LogP contribution in [0.5, 0.6) is 0 Å². The number of piperazine rings is 1. The molecule has 0 aromatic rings. The SMILES string of the molecule is O=C(NC1CC1)C(=O)N1CCN(CC2CCCC2)CC1. The Morgan fingerprint density at radius 1 is 0.950 bits per heavy atom. The van der Waals surface area contributed by atoms with E-state index < -0.39 is 5.91 Å². The van der Waals surface area contributed by atoms with Gasteiger partial charge in [0.05, 0.1) is 0 Å². The van der Waals surface area contributed by atoms with Crippen LogP contribution in [-0.4, -0.2) is 60.4 Å². The van der Waals surface area contributed by atoms with Crippen molar-refractivity contribution in [3.8, 4) is 0 Å². The van der Waals surface area contributed by atoms with Gasteiger partial charge in [-0.25, -0.2) is 0 Å². The number of amides is 2. The van der Waals surface area contributed by atoms with Crippen LogP contribution in [0, 0.1) is 5.92 Å². The topological polar surface area (TPSA) is 52.7 Å². The fraction of sp³-hybridized carbons (Fsp3) is 0.867. The highest BCUT2D eigenvalue weighted by Crippen LogP contribution is 2.25. The van der Waals surface area contributed by atoms with Crippen molar-refractivity contribution in [2.75, 3.05) is 32.7 Å². The summed E-state index contributed by atoms with van der Waals surface area (Å²) in [6, 6.07) is 0.259. The number of hydrogen-bond donors (Lipinski definition) is 1. The molecule has 0 spiro atoms. The lowest BCUT2D eigenvalue weighted by Crippen LogP contribution is -2.53. The summed E-state index contributed by atoms with van der Waals surface area (Å²) in [5, 5.41) is 2.78.